The molecule has 1 aromatic heterocycles. The molecule has 2 amide bonds. The number of carboxylic acids is 1. The number of benzene rings is 2. The molecule has 4 rings (SSSR count). The molecule has 2 aromatic carbocycles. The van der Waals surface area contributed by atoms with Gasteiger partial charge in [-0.05, 0) is 54.6 Å². The Labute approximate surface area is 187 Å². The van der Waals surface area contributed by atoms with Gasteiger partial charge in [-0.25, -0.2) is 0 Å². The van der Waals surface area contributed by atoms with Crippen LogP contribution in [0.3, 0.4) is 0 Å². The molecule has 0 radical (unpaired) electrons. The number of nitrogens with zero attached hydrogens (tertiary/aromatic N) is 1. The van der Waals surface area contributed by atoms with Crippen LogP contribution in [0.4, 0.5) is 11.4 Å². The average Bonchev–Trinajstić information content (AvgIpc) is 3.53. The van der Waals surface area contributed by atoms with E-state index in [9.17, 15) is 24.3 Å². The van der Waals surface area contributed by atoms with E-state index in [1.165, 1.54) is 10.6 Å². The first-order chi connectivity index (χ1) is 15.3. The summed E-state index contributed by atoms with van der Waals surface area (Å²) in [4.78, 5) is 48.7. The second kappa shape index (κ2) is 8.68. The van der Waals surface area contributed by atoms with Gasteiger partial charge >= 0.3 is 5.97 Å². The van der Waals surface area contributed by atoms with Gasteiger partial charge in [0.25, 0.3) is 5.56 Å². The molecular weight excluding hydrogens is 434 g/mol. The number of nitrogens with one attached hydrogen (secondary N) is 2. The number of carbonyl (C=O) groups excluding carboxylic acids is 2. The second-order valence-corrected chi connectivity index (χ2v) is 7.79. The third kappa shape index (κ3) is 4.40. The van der Waals surface area contributed by atoms with Gasteiger partial charge in [0.1, 0.15) is 0 Å². The number of anilines is 2. The maximum atomic E-state index is 12.7. The van der Waals surface area contributed by atoms with Crippen LogP contribution < -0.4 is 16.2 Å². The van der Waals surface area contributed by atoms with Gasteiger partial charge in [0.15, 0.2) is 0 Å². The zero-order chi connectivity index (χ0) is 22.8. The van der Waals surface area contributed by atoms with Crippen LogP contribution >= 0.6 is 11.6 Å². The van der Waals surface area contributed by atoms with Gasteiger partial charge < -0.3 is 15.7 Å². The number of carbonyl (C=O) groups is 3. The van der Waals surface area contributed by atoms with Crippen LogP contribution in [-0.4, -0.2) is 27.5 Å². The second-order valence-electron chi connectivity index (χ2n) is 7.36. The molecule has 0 bridgehead atoms. The Hall–Kier alpha value is -3.91. The highest BCUT2D eigenvalue weighted by Gasteiger charge is 2.63. The van der Waals surface area contributed by atoms with Crippen molar-refractivity contribution in [3.05, 3.63) is 88.3 Å². The molecule has 8 nitrogen and oxygen atoms in total. The molecule has 0 unspecified atom stereocenters. The number of pyridine rings is 1. The molecule has 0 saturated heterocycles. The van der Waals surface area contributed by atoms with Crippen molar-refractivity contribution in [2.45, 2.75) is 0 Å². The molecule has 1 aliphatic rings. The van der Waals surface area contributed by atoms with E-state index in [0.717, 1.165) is 0 Å². The maximum Gasteiger partial charge on any atom is 0.308 e. The molecule has 3 aromatic rings. The van der Waals surface area contributed by atoms with Crippen LogP contribution in [0.2, 0.25) is 5.02 Å². The Balaban J connectivity index is 1.44. The van der Waals surface area contributed by atoms with Crippen molar-refractivity contribution in [3.63, 3.8) is 0 Å². The summed E-state index contributed by atoms with van der Waals surface area (Å²) in [5, 5.41) is 15.2. The van der Waals surface area contributed by atoms with E-state index < -0.39 is 35.5 Å². The molecule has 3 atom stereocenters. The van der Waals surface area contributed by atoms with E-state index in [1.807, 2.05) is 0 Å². The van der Waals surface area contributed by atoms with E-state index in [1.54, 1.807) is 66.9 Å². The van der Waals surface area contributed by atoms with E-state index >= 15 is 0 Å². The molecule has 32 heavy (non-hydrogen) atoms. The van der Waals surface area contributed by atoms with E-state index in [2.05, 4.69) is 10.6 Å². The van der Waals surface area contributed by atoms with Gasteiger partial charge in [-0.2, -0.15) is 0 Å². The number of amides is 2. The van der Waals surface area contributed by atoms with E-state index in [0.29, 0.717) is 22.1 Å². The third-order valence-corrected chi connectivity index (χ3v) is 5.51. The summed E-state index contributed by atoms with van der Waals surface area (Å²) >= 11 is 5.82. The minimum absolute atomic E-state index is 0.193. The summed E-state index contributed by atoms with van der Waals surface area (Å²) < 4.78 is 1.45. The van der Waals surface area contributed by atoms with Crippen molar-refractivity contribution in [2.24, 2.45) is 17.8 Å². The zero-order valence-corrected chi connectivity index (χ0v) is 17.3. The summed E-state index contributed by atoms with van der Waals surface area (Å²) in [7, 11) is 0. The normalized spacial score (nSPS) is 19.1. The number of rotatable bonds is 6. The summed E-state index contributed by atoms with van der Waals surface area (Å²) in [6.07, 6.45) is 1.63. The highest BCUT2D eigenvalue weighted by molar-refractivity contribution is 6.30. The van der Waals surface area contributed by atoms with Gasteiger partial charge in [0.2, 0.25) is 11.8 Å². The molecule has 162 valence electrons. The SMILES string of the molecule is O=C(O)[C@@H]1[C@@H](C(=O)Nc2ccc(Cl)cc2)[C@@H]1C(=O)Nc1ccc(-n2ccccc2=O)cc1. The smallest absolute Gasteiger partial charge is 0.308 e. The Morgan fingerprint density at radius 1 is 0.781 bits per heavy atom. The molecule has 1 fully saturated rings. The molecule has 0 spiro atoms. The number of aliphatic carboxylic acids is 1. The van der Waals surface area contributed by atoms with Gasteiger partial charge in [-0.3, -0.25) is 23.7 Å². The van der Waals surface area contributed by atoms with Gasteiger partial charge in [0, 0.05) is 34.3 Å². The van der Waals surface area contributed by atoms with Gasteiger partial charge in [0.05, 0.1) is 17.8 Å². The topological polar surface area (TPSA) is 118 Å². The van der Waals surface area contributed by atoms with Crippen LogP contribution in [0.1, 0.15) is 0 Å². The molecule has 1 saturated carbocycles. The van der Waals surface area contributed by atoms with Crippen molar-refractivity contribution in [2.75, 3.05) is 10.6 Å². The van der Waals surface area contributed by atoms with Crippen molar-refractivity contribution in [1.82, 2.24) is 4.57 Å². The molecule has 1 heterocycles. The summed E-state index contributed by atoms with van der Waals surface area (Å²) in [5.74, 6) is -5.39. The fourth-order valence-electron chi connectivity index (χ4n) is 3.60. The minimum Gasteiger partial charge on any atom is -0.481 e. The van der Waals surface area contributed by atoms with Crippen LogP contribution in [-0.2, 0) is 14.4 Å². The van der Waals surface area contributed by atoms with Crippen molar-refractivity contribution >= 4 is 40.8 Å². The number of halogens is 1. The Bertz CT molecular complexity index is 1240. The lowest BCUT2D eigenvalue weighted by molar-refractivity contribution is -0.140. The molecular formula is C23H18ClN3O5. The lowest BCUT2D eigenvalue weighted by atomic mass is 10.2. The predicted octanol–water partition coefficient (Wildman–Crippen LogP) is 3.01. The first kappa shape index (κ1) is 21.3. The number of aromatic nitrogens is 1. The summed E-state index contributed by atoms with van der Waals surface area (Å²) in [5.41, 5.74) is 1.31. The molecule has 0 aliphatic heterocycles. The minimum atomic E-state index is -1.21. The number of hydrogen-bond acceptors (Lipinski definition) is 4. The lowest BCUT2D eigenvalue weighted by Gasteiger charge is -2.08. The summed E-state index contributed by atoms with van der Waals surface area (Å²) in [6.45, 7) is 0. The Morgan fingerprint density at radius 2 is 1.31 bits per heavy atom. The van der Waals surface area contributed by atoms with Crippen molar-refractivity contribution in [1.29, 1.82) is 0 Å². The van der Waals surface area contributed by atoms with E-state index in [4.69, 9.17) is 11.6 Å². The first-order valence-electron chi connectivity index (χ1n) is 9.73. The quantitative estimate of drug-likeness (QED) is 0.532. The highest BCUT2D eigenvalue weighted by Crippen LogP contribution is 2.48. The number of hydrogen-bond donors (Lipinski definition) is 3. The van der Waals surface area contributed by atoms with Crippen molar-refractivity contribution < 1.29 is 19.5 Å². The van der Waals surface area contributed by atoms with Crippen LogP contribution in [0.25, 0.3) is 5.69 Å². The maximum absolute atomic E-state index is 12.7. The first-order valence-corrected chi connectivity index (χ1v) is 10.1. The van der Waals surface area contributed by atoms with Gasteiger partial charge in [-0.1, -0.05) is 17.7 Å². The predicted molar refractivity (Wildman–Crippen MR) is 119 cm³/mol. The molecule has 1 aliphatic carbocycles. The highest BCUT2D eigenvalue weighted by atomic mass is 35.5. The van der Waals surface area contributed by atoms with Crippen LogP contribution in [0.5, 0.6) is 0 Å². The molecule has 3 N–H and O–H groups in total. The standard InChI is InChI=1S/C23H18ClN3O5/c24-13-4-6-14(7-5-13)25-21(29)18-19(20(18)23(31)32)22(30)26-15-8-10-16(11-9-15)27-12-2-1-3-17(27)28/h1-12,18-20H,(H,25,29)(H,26,30)(H,31,32)/t18-,19-,20+/m0/s1. The van der Waals surface area contributed by atoms with Gasteiger partial charge in [-0.15, -0.1) is 0 Å². The average molecular weight is 452 g/mol. The summed E-state index contributed by atoms with van der Waals surface area (Å²) in [6, 6.07) is 17.7. The van der Waals surface area contributed by atoms with Crippen LogP contribution in [0.15, 0.2) is 77.7 Å². The Kier molecular flexibility index (Phi) is 5.79. The van der Waals surface area contributed by atoms with E-state index in [-0.39, 0.29) is 5.56 Å². The lowest BCUT2D eigenvalue weighted by Crippen LogP contribution is -2.20. The molecule has 9 heteroatoms. The fraction of sp³-hybridized carbons (Fsp3) is 0.130. The zero-order valence-electron chi connectivity index (χ0n) is 16.6. The monoisotopic (exact) mass is 451 g/mol. The fourth-order valence-corrected chi connectivity index (χ4v) is 3.73. The van der Waals surface area contributed by atoms with Crippen molar-refractivity contribution in [3.8, 4) is 5.69 Å². The third-order valence-electron chi connectivity index (χ3n) is 5.26. The van der Waals surface area contributed by atoms with Crippen LogP contribution in [0, 0.1) is 17.8 Å². The Morgan fingerprint density at radius 3 is 1.81 bits per heavy atom. The largest absolute Gasteiger partial charge is 0.481 e. The number of carboxylic acid groups (broad SMARTS) is 1.